The summed E-state index contributed by atoms with van der Waals surface area (Å²) < 4.78 is 9.78. The van der Waals surface area contributed by atoms with E-state index in [-0.39, 0.29) is 11.9 Å². The van der Waals surface area contributed by atoms with E-state index in [1.54, 1.807) is 6.92 Å². The Hall–Kier alpha value is -1.08. The first kappa shape index (κ1) is 21.2. The minimum absolute atomic E-state index is 0.111. The van der Waals surface area contributed by atoms with E-state index >= 15 is 0 Å². The van der Waals surface area contributed by atoms with Gasteiger partial charge in [-0.1, -0.05) is 0 Å². The fourth-order valence-electron chi connectivity index (χ4n) is 3.65. The van der Waals surface area contributed by atoms with Gasteiger partial charge < -0.3 is 0 Å². The Morgan fingerprint density at radius 1 is 1.19 bits per heavy atom. The third-order valence-electron chi connectivity index (χ3n) is 5.05. The van der Waals surface area contributed by atoms with Gasteiger partial charge in [-0.3, -0.25) is 0 Å². The molecule has 1 saturated heterocycles. The molecule has 0 unspecified atom stereocenters. The van der Waals surface area contributed by atoms with Crippen LogP contribution in [-0.4, -0.2) is 46.1 Å². The van der Waals surface area contributed by atoms with Gasteiger partial charge in [0.2, 0.25) is 0 Å². The summed E-state index contributed by atoms with van der Waals surface area (Å²) in [5.74, 6) is -0.328. The maximum atomic E-state index is 13.1. The van der Waals surface area contributed by atoms with Crippen molar-refractivity contribution in [2.45, 2.75) is 73.8 Å². The summed E-state index contributed by atoms with van der Waals surface area (Å²) in [4.78, 5) is 25.9. The van der Waals surface area contributed by atoms with Crippen molar-refractivity contribution >= 4 is 30.9 Å². The van der Waals surface area contributed by atoms with Crippen LogP contribution >= 0.6 is 0 Å². The first-order chi connectivity index (χ1) is 12.4. The summed E-state index contributed by atoms with van der Waals surface area (Å²) in [6, 6.07) is 8.73. The van der Waals surface area contributed by atoms with E-state index in [2.05, 4.69) is 13.8 Å². The van der Waals surface area contributed by atoms with Gasteiger partial charge in [0.1, 0.15) is 0 Å². The summed E-state index contributed by atoms with van der Waals surface area (Å²) in [7, 11) is 0. The molecule has 1 aromatic rings. The van der Waals surface area contributed by atoms with Crippen LogP contribution in [0, 0.1) is 0 Å². The number of hydrogen-bond acceptors (Lipinski definition) is 4. The van der Waals surface area contributed by atoms with Crippen molar-refractivity contribution < 1.29 is 12.7 Å². The molecule has 1 amide bonds. The van der Waals surface area contributed by atoms with Crippen LogP contribution in [0.4, 0.5) is 0 Å². The number of nitrogens with zero attached hydrogens (tertiary/aromatic N) is 1. The van der Waals surface area contributed by atoms with Crippen molar-refractivity contribution in [2.24, 2.45) is 5.73 Å². The van der Waals surface area contributed by atoms with Gasteiger partial charge >= 0.3 is 162 Å². The summed E-state index contributed by atoms with van der Waals surface area (Å²) >= 11 is -3.58. The molecule has 26 heavy (non-hydrogen) atoms. The molecule has 0 radical (unpaired) electrons. The predicted molar refractivity (Wildman–Crippen MR) is 106 cm³/mol. The number of benzene rings is 1. The molecule has 0 aliphatic carbocycles. The van der Waals surface area contributed by atoms with Crippen LogP contribution in [0.5, 0.6) is 0 Å². The fraction of sp³-hybridized carbons (Fsp3) is 0.600. The predicted octanol–water partition coefficient (Wildman–Crippen LogP) is 3.37. The molecule has 2 rings (SSSR count). The van der Waals surface area contributed by atoms with E-state index in [1.165, 1.54) is 0 Å². The van der Waals surface area contributed by atoms with Crippen LogP contribution in [0.15, 0.2) is 30.3 Å². The molecule has 1 aliphatic rings. The van der Waals surface area contributed by atoms with E-state index in [0.717, 1.165) is 40.1 Å². The average molecular weight is 467 g/mol. The molecule has 2 atom stereocenters. The second-order valence-electron chi connectivity index (χ2n) is 7.28. The van der Waals surface area contributed by atoms with Crippen LogP contribution in [-0.2, 0) is 19.1 Å². The first-order valence-electron chi connectivity index (χ1n) is 9.80. The number of nitrogens with two attached hydrogens (primary N) is 1. The third-order valence-corrected chi connectivity index (χ3v) is 17.2. The molecular weight excluding hydrogens is 435 g/mol. The molecule has 1 aromatic carbocycles. The van der Waals surface area contributed by atoms with Crippen molar-refractivity contribution in [3.63, 3.8) is 0 Å². The minimum atomic E-state index is -3.58. The number of unbranched alkanes of at least 4 members (excludes halogenated alkanes) is 2. The second-order valence-corrected chi connectivity index (χ2v) is 17.5. The topological polar surface area (TPSA) is 72.6 Å². The van der Waals surface area contributed by atoms with Crippen molar-refractivity contribution in [1.82, 2.24) is 3.12 Å². The SMILES string of the molecule is CCC[CH2][Sn]1([CH2]CCC)[O]C(=O)[C@H](Cc2ccccc2)[N]1C(=O)[C@H](C)N. The number of rotatable bonds is 9. The standard InChI is InChI=1S/C12H16N2O3.2C4H9.Sn/c1-8(13)11(15)14-10(12(16)17)7-9-5-3-2-4-6-9;2*1-3-4-2;/h2-6,8,10H,7,13H2,1H3,(H2,14,15,16,17);2*1,3-4H2,2H3;/q;;;+2/p-2/t8-,10-;;;/m0.../s1. The molecule has 6 heteroatoms. The Labute approximate surface area is 162 Å². The number of carbonyl (C=O) groups excluding carboxylic acids is 2. The van der Waals surface area contributed by atoms with Gasteiger partial charge in [0.15, 0.2) is 0 Å². The van der Waals surface area contributed by atoms with Crippen LogP contribution in [0.3, 0.4) is 0 Å². The summed E-state index contributed by atoms with van der Waals surface area (Å²) in [5, 5.41) is 0. The van der Waals surface area contributed by atoms with Crippen molar-refractivity contribution in [3.05, 3.63) is 35.9 Å². The van der Waals surface area contributed by atoms with E-state index in [0.29, 0.717) is 6.42 Å². The Balaban J connectivity index is 2.39. The Morgan fingerprint density at radius 3 is 2.27 bits per heavy atom. The molecule has 144 valence electrons. The molecule has 2 N–H and O–H groups in total. The van der Waals surface area contributed by atoms with Crippen LogP contribution in [0.1, 0.15) is 52.0 Å². The Kier molecular flexibility index (Phi) is 7.95. The fourth-order valence-corrected chi connectivity index (χ4v) is 17.1. The molecule has 1 aliphatic heterocycles. The van der Waals surface area contributed by atoms with E-state index in [1.807, 2.05) is 33.5 Å². The zero-order chi connectivity index (χ0) is 19.2. The van der Waals surface area contributed by atoms with Crippen molar-refractivity contribution in [2.75, 3.05) is 0 Å². The van der Waals surface area contributed by atoms with Crippen LogP contribution < -0.4 is 5.73 Å². The molecule has 5 nitrogen and oxygen atoms in total. The molecule has 1 heterocycles. The third kappa shape index (κ3) is 4.80. The van der Waals surface area contributed by atoms with Gasteiger partial charge in [-0.2, -0.15) is 0 Å². The van der Waals surface area contributed by atoms with Crippen LogP contribution in [0.2, 0.25) is 8.87 Å². The second kappa shape index (κ2) is 9.74. The van der Waals surface area contributed by atoms with Crippen LogP contribution in [0.25, 0.3) is 0 Å². The average Bonchev–Trinajstić information content (AvgIpc) is 2.90. The molecular formula is C20H32N2O3Sn. The van der Waals surface area contributed by atoms with Gasteiger partial charge in [-0.05, 0) is 0 Å². The quantitative estimate of drug-likeness (QED) is 0.566. The van der Waals surface area contributed by atoms with Gasteiger partial charge in [-0.15, -0.1) is 0 Å². The number of hydrogen-bond donors (Lipinski definition) is 1. The molecule has 0 saturated carbocycles. The Bertz CT molecular complexity index is 598. The first-order valence-corrected chi connectivity index (χ1v) is 16.3. The summed E-state index contributed by atoms with van der Waals surface area (Å²) in [5.41, 5.74) is 7.02. The van der Waals surface area contributed by atoms with Gasteiger partial charge in [0.25, 0.3) is 0 Å². The van der Waals surface area contributed by atoms with Gasteiger partial charge in [-0.25, -0.2) is 0 Å². The van der Waals surface area contributed by atoms with Gasteiger partial charge in [0.05, 0.1) is 0 Å². The molecule has 0 aromatic heterocycles. The van der Waals surface area contributed by atoms with Crippen molar-refractivity contribution in [3.8, 4) is 0 Å². The maximum absolute atomic E-state index is 13.1. The Morgan fingerprint density at radius 2 is 1.77 bits per heavy atom. The molecule has 0 spiro atoms. The number of amides is 1. The van der Waals surface area contributed by atoms with Crippen molar-refractivity contribution in [1.29, 1.82) is 0 Å². The zero-order valence-electron chi connectivity index (χ0n) is 16.2. The zero-order valence-corrected chi connectivity index (χ0v) is 19.1. The van der Waals surface area contributed by atoms with E-state index in [4.69, 9.17) is 8.81 Å². The number of carbonyl (C=O) groups is 2. The summed E-state index contributed by atoms with van der Waals surface area (Å²) in [6.45, 7) is 5.98. The van der Waals surface area contributed by atoms with E-state index < -0.39 is 31.1 Å². The molecule has 1 fully saturated rings. The normalized spacial score (nSPS) is 20.1. The monoisotopic (exact) mass is 468 g/mol. The van der Waals surface area contributed by atoms with E-state index in [9.17, 15) is 9.59 Å². The molecule has 0 bridgehead atoms. The van der Waals surface area contributed by atoms with Gasteiger partial charge in [0, 0.05) is 0 Å². The summed E-state index contributed by atoms with van der Waals surface area (Å²) in [6.07, 6.45) is 4.56.